The summed E-state index contributed by atoms with van der Waals surface area (Å²) in [6.07, 6.45) is 4.82. The predicted molar refractivity (Wildman–Crippen MR) is 89.1 cm³/mol. The van der Waals surface area contributed by atoms with Gasteiger partial charge < -0.3 is 4.74 Å². The second kappa shape index (κ2) is 7.37. The Labute approximate surface area is 138 Å². The molecule has 1 fully saturated rings. The highest BCUT2D eigenvalue weighted by Gasteiger charge is 2.23. The number of hydrogen-bond donors (Lipinski definition) is 1. The first-order valence-electron chi connectivity index (χ1n) is 7.75. The van der Waals surface area contributed by atoms with Gasteiger partial charge in [0.25, 0.3) is 0 Å². The lowest BCUT2D eigenvalue weighted by molar-refractivity contribution is -0.157. The van der Waals surface area contributed by atoms with Crippen molar-refractivity contribution in [2.45, 2.75) is 38.2 Å². The van der Waals surface area contributed by atoms with Crippen LogP contribution in [0.3, 0.4) is 0 Å². The molecule has 5 nitrogen and oxygen atoms in total. The first kappa shape index (κ1) is 15.7. The molecule has 0 bridgehead atoms. The Morgan fingerprint density at radius 2 is 1.87 bits per heavy atom. The van der Waals surface area contributed by atoms with Crippen molar-refractivity contribution in [1.29, 1.82) is 0 Å². The van der Waals surface area contributed by atoms with Gasteiger partial charge in [-0.3, -0.25) is 10.1 Å². The molecule has 1 N–H and O–H groups in total. The molecule has 0 saturated heterocycles. The number of nitrogens with zero attached hydrogens (tertiary/aromatic N) is 1. The fourth-order valence-corrected chi connectivity index (χ4v) is 3.32. The molecule has 1 aliphatic rings. The quantitative estimate of drug-likeness (QED) is 0.689. The largest absolute Gasteiger partial charge is 0.455 e. The van der Waals surface area contributed by atoms with E-state index >= 15 is 0 Å². The van der Waals surface area contributed by atoms with Gasteiger partial charge in [-0.05, 0) is 25.7 Å². The molecular weight excluding hydrogens is 312 g/mol. The number of hydrogen-bond acceptors (Lipinski definition) is 5. The van der Waals surface area contributed by atoms with E-state index in [4.69, 9.17) is 4.74 Å². The number of rotatable bonds is 3. The molecule has 23 heavy (non-hydrogen) atoms. The lowest BCUT2D eigenvalue weighted by atomic mass is 9.98. The molecule has 1 heterocycles. The van der Waals surface area contributed by atoms with Crippen molar-refractivity contribution < 1.29 is 14.3 Å². The highest BCUT2D eigenvalue weighted by atomic mass is 32.1. The number of thiazole rings is 1. The number of anilines is 1. The number of amides is 1. The summed E-state index contributed by atoms with van der Waals surface area (Å²) in [6.45, 7) is 0. The Kier molecular flexibility index (Phi) is 5.02. The fourth-order valence-electron chi connectivity index (χ4n) is 2.61. The summed E-state index contributed by atoms with van der Waals surface area (Å²) in [6, 6.07) is 9.67. The summed E-state index contributed by atoms with van der Waals surface area (Å²) >= 11 is 1.29. The molecule has 1 amide bonds. The zero-order valence-corrected chi connectivity index (χ0v) is 13.5. The van der Waals surface area contributed by atoms with Crippen LogP contribution in [0.4, 0.5) is 5.13 Å². The monoisotopic (exact) mass is 330 g/mol. The van der Waals surface area contributed by atoms with Gasteiger partial charge in [0.1, 0.15) is 6.10 Å². The number of benzene rings is 1. The molecule has 1 aromatic heterocycles. The molecular formula is C17H18N2O3S. The van der Waals surface area contributed by atoms with E-state index in [2.05, 4.69) is 10.3 Å². The van der Waals surface area contributed by atoms with Crippen molar-refractivity contribution in [2.75, 3.05) is 5.32 Å². The van der Waals surface area contributed by atoms with E-state index in [-0.39, 0.29) is 6.10 Å². The van der Waals surface area contributed by atoms with Crippen molar-refractivity contribution in [3.05, 3.63) is 35.7 Å². The van der Waals surface area contributed by atoms with E-state index in [1.54, 1.807) is 0 Å². The molecule has 1 saturated carbocycles. The Morgan fingerprint density at radius 3 is 2.61 bits per heavy atom. The summed E-state index contributed by atoms with van der Waals surface area (Å²) in [4.78, 5) is 28.1. The van der Waals surface area contributed by atoms with Gasteiger partial charge in [0.15, 0.2) is 5.13 Å². The summed E-state index contributed by atoms with van der Waals surface area (Å²) in [5.74, 6) is -1.59. The van der Waals surface area contributed by atoms with Gasteiger partial charge in [0.2, 0.25) is 0 Å². The van der Waals surface area contributed by atoms with Crippen molar-refractivity contribution in [2.24, 2.45) is 0 Å². The summed E-state index contributed by atoms with van der Waals surface area (Å²) in [7, 11) is 0. The van der Waals surface area contributed by atoms with Gasteiger partial charge in [-0.25, -0.2) is 9.78 Å². The van der Waals surface area contributed by atoms with Crippen molar-refractivity contribution in [1.82, 2.24) is 4.98 Å². The van der Waals surface area contributed by atoms with E-state index < -0.39 is 11.9 Å². The van der Waals surface area contributed by atoms with Gasteiger partial charge in [-0.1, -0.05) is 36.8 Å². The van der Waals surface area contributed by atoms with Crippen molar-refractivity contribution >= 4 is 28.3 Å². The first-order chi connectivity index (χ1) is 11.2. The van der Waals surface area contributed by atoms with E-state index in [1.807, 2.05) is 35.7 Å². The van der Waals surface area contributed by atoms with E-state index in [9.17, 15) is 9.59 Å². The van der Waals surface area contributed by atoms with Gasteiger partial charge >= 0.3 is 11.9 Å². The van der Waals surface area contributed by atoms with E-state index in [0.717, 1.165) is 36.9 Å². The van der Waals surface area contributed by atoms with Crippen LogP contribution in [0.1, 0.15) is 32.1 Å². The zero-order chi connectivity index (χ0) is 16.1. The number of carbonyl (C=O) groups is 2. The Bertz CT molecular complexity index is 678. The first-order valence-corrected chi connectivity index (χ1v) is 8.63. The number of esters is 1. The smallest absolute Gasteiger partial charge is 0.397 e. The fraction of sp³-hybridized carbons (Fsp3) is 0.353. The lowest BCUT2D eigenvalue weighted by Gasteiger charge is -2.21. The molecule has 0 aliphatic heterocycles. The number of ether oxygens (including phenoxy) is 1. The third-order valence-corrected chi connectivity index (χ3v) is 4.56. The molecule has 0 spiro atoms. The minimum Gasteiger partial charge on any atom is -0.455 e. The zero-order valence-electron chi connectivity index (χ0n) is 12.7. The van der Waals surface area contributed by atoms with E-state index in [1.165, 1.54) is 17.8 Å². The minimum atomic E-state index is -0.826. The second-order valence-corrected chi connectivity index (χ2v) is 6.38. The highest BCUT2D eigenvalue weighted by molar-refractivity contribution is 7.14. The average molecular weight is 330 g/mol. The van der Waals surface area contributed by atoms with Gasteiger partial charge in [0.05, 0.1) is 5.69 Å². The molecule has 1 aromatic carbocycles. The SMILES string of the molecule is O=C(Nc1nc(-c2ccccc2)cs1)C(=O)OC1CCCCC1. The van der Waals surface area contributed by atoms with Crippen LogP contribution in [0.15, 0.2) is 35.7 Å². The van der Waals surface area contributed by atoms with Crippen LogP contribution in [0.25, 0.3) is 11.3 Å². The van der Waals surface area contributed by atoms with Crippen LogP contribution in [0, 0.1) is 0 Å². The average Bonchev–Trinajstić information content (AvgIpc) is 3.05. The summed E-state index contributed by atoms with van der Waals surface area (Å²) in [5.41, 5.74) is 1.74. The van der Waals surface area contributed by atoms with Gasteiger partial charge in [-0.15, -0.1) is 11.3 Å². The van der Waals surface area contributed by atoms with E-state index in [0.29, 0.717) is 5.13 Å². The van der Waals surface area contributed by atoms with Gasteiger partial charge in [-0.2, -0.15) is 0 Å². The predicted octanol–water partition coefficient (Wildman–Crippen LogP) is 3.62. The highest BCUT2D eigenvalue weighted by Crippen LogP contribution is 2.25. The number of carbonyl (C=O) groups excluding carboxylic acids is 2. The Morgan fingerprint density at radius 1 is 1.13 bits per heavy atom. The maximum Gasteiger partial charge on any atom is 0.397 e. The molecule has 1 aliphatic carbocycles. The number of nitrogens with one attached hydrogen (secondary N) is 1. The number of aromatic nitrogens is 1. The third-order valence-electron chi connectivity index (χ3n) is 3.81. The Hall–Kier alpha value is -2.21. The van der Waals surface area contributed by atoms with Gasteiger partial charge in [0, 0.05) is 10.9 Å². The molecule has 120 valence electrons. The molecule has 2 aromatic rings. The maximum atomic E-state index is 11.9. The van der Waals surface area contributed by atoms with Crippen LogP contribution < -0.4 is 5.32 Å². The minimum absolute atomic E-state index is 0.127. The third kappa shape index (κ3) is 4.16. The van der Waals surface area contributed by atoms with Crippen LogP contribution in [0.2, 0.25) is 0 Å². The molecule has 6 heteroatoms. The normalized spacial score (nSPS) is 15.1. The van der Waals surface area contributed by atoms with Crippen molar-refractivity contribution in [3.8, 4) is 11.3 Å². The molecule has 0 atom stereocenters. The second-order valence-electron chi connectivity index (χ2n) is 5.52. The summed E-state index contributed by atoms with van der Waals surface area (Å²) < 4.78 is 5.24. The van der Waals surface area contributed by atoms with Crippen LogP contribution in [-0.2, 0) is 14.3 Å². The topological polar surface area (TPSA) is 68.3 Å². The van der Waals surface area contributed by atoms with Crippen LogP contribution in [0.5, 0.6) is 0 Å². The van der Waals surface area contributed by atoms with Crippen molar-refractivity contribution in [3.63, 3.8) is 0 Å². The molecule has 3 rings (SSSR count). The molecule has 0 radical (unpaired) electrons. The molecule has 0 unspecified atom stereocenters. The standard InChI is InChI=1S/C17H18N2O3S/c20-15(16(21)22-13-9-5-2-6-10-13)19-17-18-14(11-23-17)12-7-3-1-4-8-12/h1,3-4,7-8,11,13H,2,5-6,9-10H2,(H,18,19,20). The van der Waals surface area contributed by atoms with Crippen LogP contribution >= 0.6 is 11.3 Å². The lowest BCUT2D eigenvalue weighted by Crippen LogP contribution is -2.30. The maximum absolute atomic E-state index is 11.9. The van der Waals surface area contributed by atoms with Crippen LogP contribution in [-0.4, -0.2) is 23.0 Å². The Balaban J connectivity index is 1.57. The summed E-state index contributed by atoms with van der Waals surface area (Å²) in [5, 5.41) is 4.76.